The van der Waals surface area contributed by atoms with Crippen molar-refractivity contribution in [3.63, 3.8) is 0 Å². The van der Waals surface area contributed by atoms with Crippen LogP contribution in [-0.4, -0.2) is 23.3 Å². The molecule has 0 atom stereocenters. The second kappa shape index (κ2) is 7.57. The Labute approximate surface area is 163 Å². The first-order chi connectivity index (χ1) is 12.8. The van der Waals surface area contributed by atoms with Crippen LogP contribution in [0.3, 0.4) is 0 Å². The molecule has 0 saturated heterocycles. The summed E-state index contributed by atoms with van der Waals surface area (Å²) in [5.41, 5.74) is 0.195. The molecule has 2 aromatic rings. The molecule has 1 heterocycles. The molecule has 1 saturated carbocycles. The van der Waals surface area contributed by atoms with Gasteiger partial charge in [0.15, 0.2) is 0 Å². The summed E-state index contributed by atoms with van der Waals surface area (Å²) in [6, 6.07) is 10.0. The molecule has 27 heavy (non-hydrogen) atoms. The Bertz CT molecular complexity index is 843. The lowest BCUT2D eigenvalue weighted by Crippen LogP contribution is -2.31. The van der Waals surface area contributed by atoms with Gasteiger partial charge in [0.2, 0.25) is 0 Å². The quantitative estimate of drug-likeness (QED) is 0.790. The Hall–Kier alpha value is -2.59. The Morgan fingerprint density at radius 3 is 2.63 bits per heavy atom. The maximum Gasteiger partial charge on any atom is 0.407 e. The van der Waals surface area contributed by atoms with Crippen molar-refractivity contribution in [2.45, 2.75) is 45.8 Å². The topological polar surface area (TPSA) is 84.2 Å². The van der Waals surface area contributed by atoms with Crippen molar-refractivity contribution in [1.29, 1.82) is 5.26 Å². The molecule has 0 unspecified atom stereocenters. The van der Waals surface area contributed by atoms with E-state index in [9.17, 15) is 4.79 Å². The fourth-order valence-electron chi connectivity index (χ4n) is 2.35. The number of hydrogen-bond donors (Lipinski definition) is 1. The number of nitrogens with zero attached hydrogens (tertiary/aromatic N) is 2. The number of rotatable bonds is 6. The van der Waals surface area contributed by atoms with Gasteiger partial charge in [-0.1, -0.05) is 0 Å². The number of ether oxygens (including phenoxy) is 2. The van der Waals surface area contributed by atoms with Gasteiger partial charge in [0.25, 0.3) is 0 Å². The van der Waals surface area contributed by atoms with Crippen molar-refractivity contribution >= 4 is 17.4 Å². The molecule has 1 aromatic carbocycles. The third-order valence-electron chi connectivity index (χ3n) is 4.07. The number of hydrogen-bond acceptors (Lipinski definition) is 6. The minimum Gasteiger partial charge on any atom is -0.492 e. The van der Waals surface area contributed by atoms with Crippen LogP contribution in [0.25, 0.3) is 10.6 Å². The number of carbonyl (C=O) groups excluding carboxylic acids is 1. The van der Waals surface area contributed by atoms with Crippen LogP contribution in [0.2, 0.25) is 0 Å². The van der Waals surface area contributed by atoms with Crippen molar-refractivity contribution < 1.29 is 14.3 Å². The molecule has 1 aliphatic carbocycles. The Kier molecular flexibility index (Phi) is 5.38. The number of amides is 1. The molecule has 142 valence electrons. The zero-order valence-electron chi connectivity index (χ0n) is 15.7. The Morgan fingerprint density at radius 1 is 1.33 bits per heavy atom. The van der Waals surface area contributed by atoms with Gasteiger partial charge >= 0.3 is 6.09 Å². The van der Waals surface area contributed by atoms with E-state index in [1.54, 1.807) is 6.20 Å². The average molecular weight is 385 g/mol. The highest BCUT2D eigenvalue weighted by Crippen LogP contribution is 2.45. The molecule has 3 rings (SSSR count). The highest BCUT2D eigenvalue weighted by Gasteiger charge is 2.44. The number of carbonyl (C=O) groups is 1. The SMILES string of the molecule is CC(C)(C)OC(=O)NCc1cnc(-c2ccc(OCC3(C#N)CC3)cc2)s1. The molecule has 7 heteroatoms. The number of nitrogens with one attached hydrogen (secondary N) is 1. The molecule has 0 spiro atoms. The maximum absolute atomic E-state index is 11.7. The molecule has 1 aliphatic rings. The predicted molar refractivity (Wildman–Crippen MR) is 103 cm³/mol. The van der Waals surface area contributed by atoms with Crippen LogP contribution in [0.15, 0.2) is 30.5 Å². The number of alkyl carbamates (subject to hydrolysis) is 1. The summed E-state index contributed by atoms with van der Waals surface area (Å²) < 4.78 is 10.9. The van der Waals surface area contributed by atoms with E-state index >= 15 is 0 Å². The second-order valence-electron chi connectivity index (χ2n) is 7.69. The molecule has 6 nitrogen and oxygen atoms in total. The largest absolute Gasteiger partial charge is 0.492 e. The lowest BCUT2D eigenvalue weighted by Gasteiger charge is -2.19. The lowest BCUT2D eigenvalue weighted by molar-refractivity contribution is 0.0524. The lowest BCUT2D eigenvalue weighted by atomic mass is 10.1. The Balaban J connectivity index is 1.53. The number of nitriles is 1. The summed E-state index contributed by atoms with van der Waals surface area (Å²) in [6.07, 6.45) is 3.15. The van der Waals surface area contributed by atoms with Gasteiger partial charge in [-0.2, -0.15) is 5.26 Å². The van der Waals surface area contributed by atoms with Gasteiger partial charge in [-0.15, -0.1) is 11.3 Å². The molecule has 0 aliphatic heterocycles. The minimum atomic E-state index is -0.515. The van der Waals surface area contributed by atoms with Gasteiger partial charge in [-0.25, -0.2) is 9.78 Å². The van der Waals surface area contributed by atoms with Crippen molar-refractivity contribution in [1.82, 2.24) is 10.3 Å². The van der Waals surface area contributed by atoms with Crippen molar-refractivity contribution in [2.24, 2.45) is 5.41 Å². The van der Waals surface area contributed by atoms with E-state index in [1.165, 1.54) is 11.3 Å². The van der Waals surface area contributed by atoms with E-state index in [1.807, 2.05) is 45.0 Å². The van der Waals surface area contributed by atoms with Crippen molar-refractivity contribution in [3.8, 4) is 22.4 Å². The highest BCUT2D eigenvalue weighted by atomic mass is 32.1. The van der Waals surface area contributed by atoms with Crippen LogP contribution >= 0.6 is 11.3 Å². The van der Waals surface area contributed by atoms with E-state index < -0.39 is 11.7 Å². The number of thiazole rings is 1. The molecule has 1 N–H and O–H groups in total. The summed E-state index contributed by atoms with van der Waals surface area (Å²) in [7, 11) is 0. The van der Waals surface area contributed by atoms with Crippen LogP contribution in [0.4, 0.5) is 4.79 Å². The predicted octanol–water partition coefficient (Wildman–Crippen LogP) is 4.52. The molecular formula is C20H23N3O3S. The second-order valence-corrected chi connectivity index (χ2v) is 8.81. The van der Waals surface area contributed by atoms with Gasteiger partial charge in [-0.3, -0.25) is 0 Å². The standard InChI is InChI=1S/C20H23N3O3S/c1-19(2,3)26-18(24)23-11-16-10-22-17(27-16)14-4-6-15(7-5-14)25-13-20(12-21)8-9-20/h4-7,10H,8-9,11,13H2,1-3H3,(H,23,24). The first-order valence-electron chi connectivity index (χ1n) is 8.85. The van der Waals surface area contributed by atoms with E-state index in [-0.39, 0.29) is 5.41 Å². The summed E-state index contributed by atoms with van der Waals surface area (Å²) in [6.45, 7) is 6.31. The summed E-state index contributed by atoms with van der Waals surface area (Å²) in [5.74, 6) is 0.753. The van der Waals surface area contributed by atoms with Crippen LogP contribution in [0.5, 0.6) is 5.75 Å². The van der Waals surface area contributed by atoms with Gasteiger partial charge in [-0.05, 0) is 57.9 Å². The molecular weight excluding hydrogens is 362 g/mol. The molecule has 1 amide bonds. The number of benzene rings is 1. The molecule has 0 bridgehead atoms. The third-order valence-corrected chi connectivity index (χ3v) is 5.11. The van der Waals surface area contributed by atoms with E-state index in [2.05, 4.69) is 16.4 Å². The highest BCUT2D eigenvalue weighted by molar-refractivity contribution is 7.15. The first kappa shape index (κ1) is 19.2. The van der Waals surface area contributed by atoms with E-state index in [4.69, 9.17) is 14.7 Å². The molecule has 0 radical (unpaired) electrons. The fraction of sp³-hybridized carbons (Fsp3) is 0.450. The average Bonchev–Trinajstić information content (AvgIpc) is 3.25. The number of aromatic nitrogens is 1. The first-order valence-corrected chi connectivity index (χ1v) is 9.66. The zero-order chi connectivity index (χ0) is 19.5. The fourth-order valence-corrected chi connectivity index (χ4v) is 3.21. The monoisotopic (exact) mass is 385 g/mol. The van der Waals surface area contributed by atoms with Gasteiger partial charge < -0.3 is 14.8 Å². The van der Waals surface area contributed by atoms with Crippen molar-refractivity contribution in [3.05, 3.63) is 35.3 Å². The summed E-state index contributed by atoms with van der Waals surface area (Å²) in [5, 5.41) is 12.7. The van der Waals surface area contributed by atoms with E-state index in [0.29, 0.717) is 13.2 Å². The normalized spacial score (nSPS) is 14.9. The maximum atomic E-state index is 11.7. The van der Waals surface area contributed by atoms with Gasteiger partial charge in [0.05, 0.1) is 18.0 Å². The van der Waals surface area contributed by atoms with Gasteiger partial charge in [0, 0.05) is 16.6 Å². The molecule has 1 aromatic heterocycles. The Morgan fingerprint density at radius 2 is 2.04 bits per heavy atom. The summed E-state index contributed by atoms with van der Waals surface area (Å²) in [4.78, 5) is 17.1. The van der Waals surface area contributed by atoms with Gasteiger partial charge in [0.1, 0.15) is 23.0 Å². The van der Waals surface area contributed by atoms with Crippen LogP contribution in [0, 0.1) is 16.7 Å². The van der Waals surface area contributed by atoms with Crippen LogP contribution in [0.1, 0.15) is 38.5 Å². The van der Waals surface area contributed by atoms with Crippen molar-refractivity contribution in [2.75, 3.05) is 6.61 Å². The van der Waals surface area contributed by atoms with E-state index in [0.717, 1.165) is 34.0 Å². The summed E-state index contributed by atoms with van der Waals surface area (Å²) >= 11 is 1.52. The smallest absolute Gasteiger partial charge is 0.407 e. The molecule has 1 fully saturated rings. The zero-order valence-corrected chi connectivity index (χ0v) is 16.6. The third kappa shape index (κ3) is 5.44. The van der Waals surface area contributed by atoms with Crippen LogP contribution in [-0.2, 0) is 11.3 Å². The van der Waals surface area contributed by atoms with Crippen LogP contribution < -0.4 is 10.1 Å². The minimum absolute atomic E-state index is 0.274.